The molecule has 0 radical (unpaired) electrons. The van der Waals surface area contributed by atoms with Crippen molar-refractivity contribution in [1.29, 1.82) is 0 Å². The van der Waals surface area contributed by atoms with Crippen LogP contribution in [0.5, 0.6) is 0 Å². The van der Waals surface area contributed by atoms with Gasteiger partial charge in [0, 0.05) is 11.9 Å². The Kier molecular flexibility index (Phi) is 1.27. The predicted octanol–water partition coefficient (Wildman–Crippen LogP) is 0.0344. The summed E-state index contributed by atoms with van der Waals surface area (Å²) in [4.78, 5) is 15.2. The van der Waals surface area contributed by atoms with Crippen LogP contribution >= 0.6 is 0 Å². The zero-order chi connectivity index (χ0) is 8.72. The van der Waals surface area contributed by atoms with Crippen molar-refractivity contribution in [2.45, 2.75) is 13.8 Å². The average Bonchev–Trinajstić information content (AvgIpc) is 2.35. The zero-order valence-corrected chi connectivity index (χ0v) is 6.83. The van der Waals surface area contributed by atoms with E-state index in [1.165, 1.54) is 4.40 Å². The Morgan fingerprint density at radius 2 is 2.25 bits per heavy atom. The van der Waals surface area contributed by atoms with Crippen LogP contribution in [0, 0.1) is 13.8 Å². The summed E-state index contributed by atoms with van der Waals surface area (Å²) < 4.78 is 1.39. The third-order valence-corrected chi connectivity index (χ3v) is 1.85. The Hall–Kier alpha value is -1.65. The van der Waals surface area contributed by atoms with Gasteiger partial charge in [0.15, 0.2) is 0 Å². The van der Waals surface area contributed by atoms with Crippen LogP contribution in [0.4, 0.5) is 0 Å². The Balaban J connectivity index is 2.97. The minimum absolute atomic E-state index is 0.249. The average molecular weight is 164 g/mol. The molecule has 2 rings (SSSR count). The number of hydrogen-bond acceptors (Lipinski definition) is 3. The van der Waals surface area contributed by atoms with Crippen molar-refractivity contribution in [3.05, 3.63) is 27.9 Å². The number of nitrogens with zero attached hydrogens (tertiary/aromatic N) is 3. The summed E-state index contributed by atoms with van der Waals surface area (Å²) >= 11 is 0. The first-order valence-corrected chi connectivity index (χ1v) is 3.59. The molecule has 5 heteroatoms. The molecule has 0 atom stereocenters. The highest BCUT2D eigenvalue weighted by Gasteiger charge is 2.02. The fraction of sp³-hybridized carbons (Fsp3) is 0.286. The molecule has 62 valence electrons. The zero-order valence-electron chi connectivity index (χ0n) is 6.83. The number of hydrogen-bond donors (Lipinski definition) is 1. The third-order valence-electron chi connectivity index (χ3n) is 1.85. The molecule has 0 unspecified atom stereocenters. The Labute approximate surface area is 68.1 Å². The van der Waals surface area contributed by atoms with Crippen molar-refractivity contribution < 1.29 is 0 Å². The van der Waals surface area contributed by atoms with Gasteiger partial charge < -0.3 is 0 Å². The molecule has 0 aromatic carbocycles. The van der Waals surface area contributed by atoms with E-state index in [0.717, 1.165) is 11.3 Å². The summed E-state index contributed by atoms with van der Waals surface area (Å²) in [5.74, 6) is 0.420. The highest BCUT2D eigenvalue weighted by atomic mass is 16.1. The first kappa shape index (κ1) is 7.02. The van der Waals surface area contributed by atoms with Crippen molar-refractivity contribution in [3.63, 3.8) is 0 Å². The molecule has 0 saturated carbocycles. The van der Waals surface area contributed by atoms with Crippen LogP contribution in [0.3, 0.4) is 0 Å². The molecule has 12 heavy (non-hydrogen) atoms. The topological polar surface area (TPSA) is 63.0 Å². The van der Waals surface area contributed by atoms with Crippen molar-refractivity contribution in [1.82, 2.24) is 19.6 Å². The second-order valence-electron chi connectivity index (χ2n) is 2.71. The van der Waals surface area contributed by atoms with Gasteiger partial charge in [0.1, 0.15) is 0 Å². The van der Waals surface area contributed by atoms with Gasteiger partial charge in [-0.05, 0) is 19.4 Å². The second kappa shape index (κ2) is 2.17. The first-order valence-electron chi connectivity index (χ1n) is 3.59. The number of aromatic amines is 1. The molecule has 1 N–H and O–H groups in total. The van der Waals surface area contributed by atoms with E-state index >= 15 is 0 Å². The van der Waals surface area contributed by atoms with Crippen LogP contribution in [0.15, 0.2) is 11.0 Å². The molecule has 0 aliphatic rings. The molecule has 0 spiro atoms. The van der Waals surface area contributed by atoms with Crippen LogP contribution in [0.25, 0.3) is 5.78 Å². The highest BCUT2D eigenvalue weighted by Crippen LogP contribution is 2.01. The van der Waals surface area contributed by atoms with E-state index < -0.39 is 0 Å². The lowest BCUT2D eigenvalue weighted by atomic mass is 10.3. The van der Waals surface area contributed by atoms with Crippen LogP contribution in [0.2, 0.25) is 0 Å². The maximum absolute atomic E-state index is 11.0. The summed E-state index contributed by atoms with van der Waals surface area (Å²) in [6.45, 7) is 3.79. The van der Waals surface area contributed by atoms with Gasteiger partial charge in [0.2, 0.25) is 0 Å². The maximum atomic E-state index is 11.0. The molecule has 2 heterocycles. The Bertz CT molecular complexity index is 482. The number of rotatable bonds is 0. The van der Waals surface area contributed by atoms with Gasteiger partial charge in [-0.15, -0.1) is 5.10 Å². The van der Waals surface area contributed by atoms with Crippen molar-refractivity contribution in [2.24, 2.45) is 0 Å². The number of H-pyrrole nitrogens is 1. The Morgan fingerprint density at radius 3 is 3.00 bits per heavy atom. The lowest BCUT2D eigenvalue weighted by molar-refractivity contribution is 0.999. The minimum atomic E-state index is -0.249. The predicted molar refractivity (Wildman–Crippen MR) is 43.1 cm³/mol. The van der Waals surface area contributed by atoms with Gasteiger partial charge in [-0.25, -0.2) is 19.3 Å². The Morgan fingerprint density at radius 1 is 1.50 bits per heavy atom. The molecular formula is C7H8N4O. The van der Waals surface area contributed by atoms with E-state index in [2.05, 4.69) is 15.2 Å². The van der Waals surface area contributed by atoms with Crippen LogP contribution in [-0.2, 0) is 0 Å². The third kappa shape index (κ3) is 0.827. The molecule has 0 aliphatic carbocycles. The minimum Gasteiger partial charge on any atom is -0.246 e. The fourth-order valence-corrected chi connectivity index (χ4v) is 1.02. The molecule has 0 amide bonds. The lowest BCUT2D eigenvalue weighted by Gasteiger charge is -1.96. The monoisotopic (exact) mass is 164 g/mol. The van der Waals surface area contributed by atoms with Gasteiger partial charge in [0.25, 0.3) is 5.78 Å². The standard InChI is InChI=1S/C7H8N4O/c1-4-3-11-6(8-5(4)2)9-10-7(11)12/h3H,1-2H3,(H,10,12). The number of aromatic nitrogens is 4. The summed E-state index contributed by atoms with van der Waals surface area (Å²) in [7, 11) is 0. The van der Waals surface area contributed by atoms with Gasteiger partial charge >= 0.3 is 5.69 Å². The lowest BCUT2D eigenvalue weighted by Crippen LogP contribution is -2.10. The molecule has 5 nitrogen and oxygen atoms in total. The summed E-state index contributed by atoms with van der Waals surface area (Å²) in [5.41, 5.74) is 1.62. The SMILES string of the molecule is Cc1cn2c(=O)[nH]nc2nc1C. The van der Waals surface area contributed by atoms with E-state index in [1.807, 2.05) is 13.8 Å². The second-order valence-corrected chi connectivity index (χ2v) is 2.71. The molecule has 0 bridgehead atoms. The largest absolute Gasteiger partial charge is 0.348 e. The van der Waals surface area contributed by atoms with Crippen LogP contribution in [-0.4, -0.2) is 19.6 Å². The summed E-state index contributed by atoms with van der Waals surface area (Å²) in [6.07, 6.45) is 1.73. The summed E-state index contributed by atoms with van der Waals surface area (Å²) in [5, 5.41) is 6.06. The van der Waals surface area contributed by atoms with E-state index in [9.17, 15) is 4.79 Å². The van der Waals surface area contributed by atoms with Gasteiger partial charge in [0.05, 0.1) is 0 Å². The molecular weight excluding hydrogens is 156 g/mol. The van der Waals surface area contributed by atoms with E-state index in [-0.39, 0.29) is 5.69 Å². The van der Waals surface area contributed by atoms with Gasteiger partial charge in [-0.1, -0.05) is 0 Å². The molecule has 2 aromatic rings. The molecule has 0 saturated heterocycles. The molecule has 0 aliphatic heterocycles. The van der Waals surface area contributed by atoms with E-state index in [1.54, 1.807) is 6.20 Å². The van der Waals surface area contributed by atoms with E-state index in [0.29, 0.717) is 5.78 Å². The quantitative estimate of drug-likeness (QED) is 0.597. The molecule has 2 aromatic heterocycles. The van der Waals surface area contributed by atoms with E-state index in [4.69, 9.17) is 0 Å². The highest BCUT2D eigenvalue weighted by molar-refractivity contribution is 5.30. The van der Waals surface area contributed by atoms with Crippen molar-refractivity contribution >= 4 is 5.78 Å². The first-order chi connectivity index (χ1) is 5.68. The van der Waals surface area contributed by atoms with Gasteiger partial charge in [-0.3, -0.25) is 0 Å². The number of fused-ring (bicyclic) bond motifs is 1. The molecule has 0 fully saturated rings. The van der Waals surface area contributed by atoms with Crippen molar-refractivity contribution in [3.8, 4) is 0 Å². The number of aryl methyl sites for hydroxylation is 2. The van der Waals surface area contributed by atoms with Crippen molar-refractivity contribution in [2.75, 3.05) is 0 Å². The summed E-state index contributed by atoms with van der Waals surface area (Å²) in [6, 6.07) is 0. The van der Waals surface area contributed by atoms with Gasteiger partial charge in [-0.2, -0.15) is 0 Å². The van der Waals surface area contributed by atoms with Crippen LogP contribution in [0.1, 0.15) is 11.3 Å². The number of nitrogens with one attached hydrogen (secondary N) is 1. The van der Waals surface area contributed by atoms with Crippen LogP contribution < -0.4 is 5.69 Å². The maximum Gasteiger partial charge on any atom is 0.348 e. The fourth-order valence-electron chi connectivity index (χ4n) is 1.02. The normalized spacial score (nSPS) is 10.8. The smallest absolute Gasteiger partial charge is 0.246 e.